The van der Waals surface area contributed by atoms with Crippen molar-refractivity contribution in [2.45, 2.75) is 64.0 Å². The van der Waals surface area contributed by atoms with Gasteiger partial charge in [-0.25, -0.2) is 0 Å². The number of halogens is 1. The standard InChI is InChI=1S/C18H29IO2Si/c1-14(19)17(20)16(21-22(5,6)18(2,3)4)13-12-15-10-8-7-9-11-15/h7-11,16-17,20H,1,12-13H2,2-6H3/t16-,17-/m0/s1. The van der Waals surface area contributed by atoms with E-state index in [9.17, 15) is 5.11 Å². The van der Waals surface area contributed by atoms with Gasteiger partial charge in [0, 0.05) is 3.58 Å². The van der Waals surface area contributed by atoms with Crippen LogP contribution in [-0.4, -0.2) is 25.6 Å². The second kappa shape index (κ2) is 8.08. The van der Waals surface area contributed by atoms with Crippen molar-refractivity contribution in [3.8, 4) is 0 Å². The quantitative estimate of drug-likeness (QED) is 0.467. The first-order chi connectivity index (χ1) is 10.0. The van der Waals surface area contributed by atoms with E-state index in [-0.39, 0.29) is 11.1 Å². The average Bonchev–Trinajstić information content (AvgIpc) is 2.42. The van der Waals surface area contributed by atoms with Gasteiger partial charge in [-0.3, -0.25) is 0 Å². The van der Waals surface area contributed by atoms with Crippen molar-refractivity contribution >= 4 is 30.9 Å². The largest absolute Gasteiger partial charge is 0.411 e. The minimum Gasteiger partial charge on any atom is -0.411 e. The minimum absolute atomic E-state index is 0.129. The Balaban J connectivity index is 2.83. The summed E-state index contributed by atoms with van der Waals surface area (Å²) in [4.78, 5) is 0. The highest BCUT2D eigenvalue weighted by molar-refractivity contribution is 14.1. The Morgan fingerprint density at radius 1 is 1.27 bits per heavy atom. The highest BCUT2D eigenvalue weighted by atomic mass is 127. The Bertz CT molecular complexity index is 480. The molecular weight excluding hydrogens is 403 g/mol. The van der Waals surface area contributed by atoms with Gasteiger partial charge in [0.2, 0.25) is 0 Å². The average molecular weight is 432 g/mol. The molecule has 0 spiro atoms. The Kier molecular flexibility index (Phi) is 7.30. The lowest BCUT2D eigenvalue weighted by Gasteiger charge is -2.40. The van der Waals surface area contributed by atoms with Crippen molar-refractivity contribution in [2.24, 2.45) is 0 Å². The third kappa shape index (κ3) is 5.79. The van der Waals surface area contributed by atoms with Gasteiger partial charge >= 0.3 is 0 Å². The van der Waals surface area contributed by atoms with E-state index in [4.69, 9.17) is 4.43 Å². The third-order valence-electron chi connectivity index (χ3n) is 4.49. The van der Waals surface area contributed by atoms with E-state index < -0.39 is 14.4 Å². The van der Waals surface area contributed by atoms with Crippen molar-refractivity contribution in [3.05, 3.63) is 46.1 Å². The van der Waals surface area contributed by atoms with E-state index in [0.29, 0.717) is 0 Å². The number of aliphatic hydroxyl groups excluding tert-OH is 1. The fraction of sp³-hybridized carbons (Fsp3) is 0.556. The van der Waals surface area contributed by atoms with Crippen LogP contribution in [0.5, 0.6) is 0 Å². The molecule has 2 nitrogen and oxygen atoms in total. The molecule has 0 aliphatic carbocycles. The summed E-state index contributed by atoms with van der Waals surface area (Å²) >= 11 is 2.10. The van der Waals surface area contributed by atoms with Crippen LogP contribution in [0.4, 0.5) is 0 Å². The highest BCUT2D eigenvalue weighted by Gasteiger charge is 2.40. The number of aryl methyl sites for hydroxylation is 1. The van der Waals surface area contributed by atoms with Gasteiger partial charge < -0.3 is 9.53 Å². The van der Waals surface area contributed by atoms with Gasteiger partial charge in [0.25, 0.3) is 0 Å². The van der Waals surface area contributed by atoms with Crippen LogP contribution in [-0.2, 0) is 10.8 Å². The predicted octanol–water partition coefficient (Wildman–Crippen LogP) is 5.32. The molecule has 0 saturated heterocycles. The number of rotatable bonds is 7. The fourth-order valence-electron chi connectivity index (χ4n) is 1.99. The highest BCUT2D eigenvalue weighted by Crippen LogP contribution is 2.38. The maximum absolute atomic E-state index is 10.5. The summed E-state index contributed by atoms with van der Waals surface area (Å²) in [6, 6.07) is 10.4. The van der Waals surface area contributed by atoms with Crippen molar-refractivity contribution in [2.75, 3.05) is 0 Å². The Labute approximate surface area is 150 Å². The molecule has 0 heterocycles. The molecule has 2 atom stereocenters. The minimum atomic E-state index is -1.92. The van der Waals surface area contributed by atoms with Crippen LogP contribution in [0.15, 0.2) is 40.5 Å². The van der Waals surface area contributed by atoms with Crippen molar-refractivity contribution in [3.63, 3.8) is 0 Å². The monoisotopic (exact) mass is 432 g/mol. The Morgan fingerprint density at radius 3 is 2.27 bits per heavy atom. The molecule has 0 radical (unpaired) electrons. The van der Waals surface area contributed by atoms with Gasteiger partial charge in [-0.1, -0.05) is 57.7 Å². The topological polar surface area (TPSA) is 29.5 Å². The van der Waals surface area contributed by atoms with Crippen LogP contribution >= 0.6 is 22.6 Å². The first-order valence-corrected chi connectivity index (χ1v) is 11.8. The van der Waals surface area contributed by atoms with Crippen molar-refractivity contribution in [1.82, 2.24) is 0 Å². The molecule has 0 aliphatic rings. The summed E-state index contributed by atoms with van der Waals surface area (Å²) < 4.78 is 7.22. The molecule has 1 N–H and O–H groups in total. The predicted molar refractivity (Wildman–Crippen MR) is 106 cm³/mol. The van der Waals surface area contributed by atoms with Gasteiger partial charge in [0.1, 0.15) is 6.10 Å². The van der Waals surface area contributed by atoms with Crippen molar-refractivity contribution in [1.29, 1.82) is 0 Å². The lowest BCUT2D eigenvalue weighted by Crippen LogP contribution is -2.47. The third-order valence-corrected chi connectivity index (χ3v) is 9.63. The molecular formula is C18H29IO2Si. The second-order valence-electron chi connectivity index (χ2n) is 7.33. The number of aliphatic hydroxyl groups is 1. The van der Waals surface area contributed by atoms with E-state index >= 15 is 0 Å². The van der Waals surface area contributed by atoms with E-state index in [1.54, 1.807) is 0 Å². The van der Waals surface area contributed by atoms with Gasteiger partial charge in [0.05, 0.1) is 6.10 Å². The van der Waals surface area contributed by atoms with Crippen LogP contribution in [0.3, 0.4) is 0 Å². The molecule has 0 amide bonds. The van der Waals surface area contributed by atoms with Gasteiger partial charge in [0.15, 0.2) is 8.32 Å². The van der Waals surface area contributed by atoms with E-state index in [1.165, 1.54) is 5.56 Å². The van der Waals surface area contributed by atoms with Gasteiger partial charge in [-0.2, -0.15) is 0 Å². The van der Waals surface area contributed by atoms with Crippen LogP contribution in [0.25, 0.3) is 0 Å². The lowest BCUT2D eigenvalue weighted by molar-refractivity contribution is 0.0506. The molecule has 1 rings (SSSR count). The summed E-state index contributed by atoms with van der Waals surface area (Å²) in [6.45, 7) is 15.0. The molecule has 0 aliphatic heterocycles. The Hall–Kier alpha value is -0.173. The molecule has 0 saturated carbocycles. The molecule has 124 valence electrons. The van der Waals surface area contributed by atoms with Gasteiger partial charge in [-0.05, 0) is 59.1 Å². The van der Waals surface area contributed by atoms with E-state index in [0.717, 1.165) is 16.4 Å². The first kappa shape index (κ1) is 19.9. The van der Waals surface area contributed by atoms with E-state index in [1.807, 2.05) is 18.2 Å². The molecule has 1 aromatic rings. The van der Waals surface area contributed by atoms with Crippen LogP contribution in [0.2, 0.25) is 18.1 Å². The molecule has 4 heteroatoms. The summed E-state index contributed by atoms with van der Waals surface area (Å²) in [7, 11) is -1.92. The van der Waals surface area contributed by atoms with E-state index in [2.05, 4.69) is 75.2 Å². The summed E-state index contributed by atoms with van der Waals surface area (Å²) in [5, 5.41) is 10.6. The van der Waals surface area contributed by atoms with Crippen LogP contribution in [0.1, 0.15) is 32.8 Å². The maximum atomic E-state index is 10.5. The number of hydrogen-bond acceptors (Lipinski definition) is 2. The molecule has 0 fully saturated rings. The zero-order valence-electron chi connectivity index (χ0n) is 14.4. The molecule has 0 bridgehead atoms. The molecule has 1 aromatic carbocycles. The smallest absolute Gasteiger partial charge is 0.192 e. The molecule has 0 unspecified atom stereocenters. The van der Waals surface area contributed by atoms with Crippen molar-refractivity contribution < 1.29 is 9.53 Å². The summed E-state index contributed by atoms with van der Waals surface area (Å²) in [6.07, 6.45) is 0.907. The zero-order valence-corrected chi connectivity index (χ0v) is 17.6. The van der Waals surface area contributed by atoms with Gasteiger partial charge in [-0.15, -0.1) is 0 Å². The number of hydrogen-bond donors (Lipinski definition) is 1. The van der Waals surface area contributed by atoms with Crippen LogP contribution < -0.4 is 0 Å². The SMILES string of the molecule is C=C(I)[C@H](O)[C@H](CCc1ccccc1)O[Si](C)(C)C(C)(C)C. The normalized spacial score (nSPS) is 15.4. The number of benzene rings is 1. The zero-order chi connectivity index (χ0) is 17.0. The molecule has 22 heavy (non-hydrogen) atoms. The Morgan fingerprint density at radius 2 is 1.82 bits per heavy atom. The van der Waals surface area contributed by atoms with Crippen LogP contribution in [0, 0.1) is 0 Å². The maximum Gasteiger partial charge on any atom is 0.192 e. The fourth-order valence-corrected chi connectivity index (χ4v) is 3.75. The summed E-state index contributed by atoms with van der Waals surface area (Å²) in [5.41, 5.74) is 1.28. The lowest BCUT2D eigenvalue weighted by atomic mass is 10.0. The first-order valence-electron chi connectivity index (χ1n) is 7.79. The second-order valence-corrected chi connectivity index (χ2v) is 13.5. The molecule has 0 aromatic heterocycles. The summed E-state index contributed by atoms with van der Waals surface area (Å²) in [5.74, 6) is 0.